The summed E-state index contributed by atoms with van der Waals surface area (Å²) in [5.41, 5.74) is 2.76. The number of hydrogen-bond acceptors (Lipinski definition) is 1. The van der Waals surface area contributed by atoms with Gasteiger partial charge >= 0.3 is 0 Å². The molecule has 0 saturated carbocycles. The van der Waals surface area contributed by atoms with E-state index in [1.807, 2.05) is 11.8 Å². The molecule has 0 bridgehead atoms. The van der Waals surface area contributed by atoms with Gasteiger partial charge in [-0.15, -0.1) is 0 Å². The number of benzene rings is 2. The van der Waals surface area contributed by atoms with Gasteiger partial charge in [0.2, 0.25) is 0 Å². The fraction of sp³-hybridized carbons (Fsp3) is 0.143. The van der Waals surface area contributed by atoms with Crippen LogP contribution in [0.15, 0.2) is 58.3 Å². The highest BCUT2D eigenvalue weighted by Gasteiger charge is 2.33. The fourth-order valence-corrected chi connectivity index (χ4v) is 3.59. The summed E-state index contributed by atoms with van der Waals surface area (Å²) in [6.07, 6.45) is 0. The SMILES string of the molecule is C[N+]1(C)c2ccccc2Sc2ccccc21.[Br-]. The lowest BCUT2D eigenvalue weighted by atomic mass is 10.2. The monoisotopic (exact) mass is 307 g/mol. The summed E-state index contributed by atoms with van der Waals surface area (Å²) >= 11 is 1.87. The van der Waals surface area contributed by atoms with Gasteiger partial charge < -0.3 is 17.0 Å². The van der Waals surface area contributed by atoms with Crippen molar-refractivity contribution in [1.82, 2.24) is 4.48 Å². The highest BCUT2D eigenvalue weighted by Crippen LogP contribution is 2.50. The van der Waals surface area contributed by atoms with Crippen LogP contribution in [-0.4, -0.2) is 14.1 Å². The van der Waals surface area contributed by atoms with Gasteiger partial charge in [-0.05, 0) is 12.1 Å². The molecule has 0 amide bonds. The van der Waals surface area contributed by atoms with E-state index in [4.69, 9.17) is 0 Å². The van der Waals surface area contributed by atoms with Gasteiger partial charge in [0, 0.05) is 12.1 Å². The number of rotatable bonds is 0. The largest absolute Gasteiger partial charge is 1.00 e. The van der Waals surface area contributed by atoms with Crippen LogP contribution in [0, 0.1) is 0 Å². The highest BCUT2D eigenvalue weighted by molar-refractivity contribution is 7.99. The Kier molecular flexibility index (Phi) is 3.34. The molecule has 0 saturated heterocycles. The van der Waals surface area contributed by atoms with Crippen molar-refractivity contribution in [2.45, 2.75) is 9.79 Å². The summed E-state index contributed by atoms with van der Waals surface area (Å²) in [4.78, 5) is 2.73. The normalized spacial score (nSPS) is 15.4. The minimum absolute atomic E-state index is 0. The van der Waals surface area contributed by atoms with Gasteiger partial charge in [-0.2, -0.15) is 0 Å². The van der Waals surface area contributed by atoms with Crippen LogP contribution in [0.2, 0.25) is 0 Å². The summed E-state index contributed by atoms with van der Waals surface area (Å²) < 4.78 is 0.833. The van der Waals surface area contributed by atoms with E-state index in [1.165, 1.54) is 21.2 Å². The molecule has 0 radical (unpaired) electrons. The summed E-state index contributed by atoms with van der Waals surface area (Å²) in [6, 6.07) is 17.3. The van der Waals surface area contributed by atoms with Crippen molar-refractivity contribution in [2.24, 2.45) is 0 Å². The molecule has 0 unspecified atom stereocenters. The molecule has 0 aromatic heterocycles. The van der Waals surface area contributed by atoms with Crippen LogP contribution < -0.4 is 21.5 Å². The standard InChI is InChI=1S/C14H14NS.BrH/c1-15(2)11-7-3-5-9-13(11)16-14-10-6-4-8-12(14)15;/h3-10H,1-2H3;1H/q+1;/p-1. The third-order valence-electron chi connectivity index (χ3n) is 3.15. The van der Waals surface area contributed by atoms with Gasteiger partial charge in [-0.3, -0.25) is 4.48 Å². The number of quaternary nitrogens is 1. The molecule has 1 nitrogen and oxygen atoms in total. The van der Waals surface area contributed by atoms with Crippen LogP contribution >= 0.6 is 11.8 Å². The molecule has 1 aliphatic heterocycles. The van der Waals surface area contributed by atoms with Gasteiger partial charge in [0.15, 0.2) is 11.4 Å². The Morgan fingerprint density at radius 1 is 0.765 bits per heavy atom. The average Bonchev–Trinajstić information content (AvgIpc) is 2.29. The molecular weight excluding hydrogens is 294 g/mol. The second-order valence-corrected chi connectivity index (χ2v) is 5.57. The second kappa shape index (κ2) is 4.48. The lowest BCUT2D eigenvalue weighted by Gasteiger charge is -2.35. The molecule has 2 aromatic rings. The summed E-state index contributed by atoms with van der Waals surface area (Å²) in [6.45, 7) is 0. The van der Waals surface area contributed by atoms with Gasteiger partial charge in [-0.1, -0.05) is 36.0 Å². The maximum absolute atomic E-state index is 2.25. The van der Waals surface area contributed by atoms with Crippen LogP contribution in [0.25, 0.3) is 0 Å². The highest BCUT2D eigenvalue weighted by atomic mass is 79.9. The smallest absolute Gasteiger partial charge is 0.151 e. The Morgan fingerprint density at radius 3 is 1.65 bits per heavy atom. The first kappa shape index (κ1) is 12.7. The van der Waals surface area contributed by atoms with Crippen LogP contribution in [0.1, 0.15) is 0 Å². The number of halogens is 1. The van der Waals surface area contributed by atoms with Crippen molar-refractivity contribution in [3.05, 3.63) is 48.5 Å². The fourth-order valence-electron chi connectivity index (χ4n) is 2.26. The summed E-state index contributed by atoms with van der Waals surface area (Å²) in [5.74, 6) is 0. The van der Waals surface area contributed by atoms with Gasteiger partial charge in [0.25, 0.3) is 0 Å². The van der Waals surface area contributed by atoms with Crippen molar-refractivity contribution < 1.29 is 17.0 Å². The number of fused-ring (bicyclic) bond motifs is 2. The maximum atomic E-state index is 2.25. The van der Waals surface area contributed by atoms with Crippen molar-refractivity contribution in [2.75, 3.05) is 14.1 Å². The first-order valence-electron chi connectivity index (χ1n) is 5.40. The molecule has 1 aliphatic rings. The van der Waals surface area contributed by atoms with Crippen LogP contribution in [0.4, 0.5) is 11.4 Å². The third kappa shape index (κ3) is 1.92. The Hall–Kier alpha value is -0.770. The van der Waals surface area contributed by atoms with E-state index in [0.29, 0.717) is 0 Å². The number of para-hydroxylation sites is 2. The van der Waals surface area contributed by atoms with E-state index in [1.54, 1.807) is 0 Å². The molecule has 0 atom stereocenters. The van der Waals surface area contributed by atoms with Crippen LogP contribution in [-0.2, 0) is 0 Å². The lowest BCUT2D eigenvalue weighted by Crippen LogP contribution is -3.00. The van der Waals surface area contributed by atoms with E-state index in [0.717, 1.165) is 4.48 Å². The minimum Gasteiger partial charge on any atom is -1.00 e. The first-order chi connectivity index (χ1) is 7.69. The lowest BCUT2D eigenvalue weighted by molar-refractivity contribution is -0.00000319. The minimum atomic E-state index is 0. The number of hydrogen-bond donors (Lipinski definition) is 0. The Morgan fingerprint density at radius 2 is 1.18 bits per heavy atom. The molecule has 1 heterocycles. The predicted octanol–water partition coefficient (Wildman–Crippen LogP) is 1.05. The summed E-state index contributed by atoms with van der Waals surface area (Å²) in [5, 5.41) is 0. The van der Waals surface area contributed by atoms with Crippen molar-refractivity contribution in [3.63, 3.8) is 0 Å². The van der Waals surface area contributed by atoms with Crippen molar-refractivity contribution >= 4 is 23.1 Å². The molecular formula is C14H14BrNS. The first-order valence-corrected chi connectivity index (χ1v) is 6.22. The predicted molar refractivity (Wildman–Crippen MR) is 70.3 cm³/mol. The van der Waals surface area contributed by atoms with E-state index in [9.17, 15) is 0 Å². The van der Waals surface area contributed by atoms with Gasteiger partial charge in [-0.25, -0.2) is 0 Å². The van der Waals surface area contributed by atoms with E-state index in [2.05, 4.69) is 62.6 Å². The Balaban J connectivity index is 0.00000108. The van der Waals surface area contributed by atoms with E-state index < -0.39 is 0 Å². The second-order valence-electron chi connectivity index (χ2n) is 4.49. The third-order valence-corrected chi connectivity index (χ3v) is 4.29. The Bertz CT molecular complexity index is 504. The van der Waals surface area contributed by atoms with Gasteiger partial charge in [0.05, 0.1) is 23.9 Å². The van der Waals surface area contributed by atoms with Gasteiger partial charge in [0.1, 0.15) is 0 Å². The molecule has 0 fully saturated rings. The van der Waals surface area contributed by atoms with Crippen molar-refractivity contribution in [3.8, 4) is 0 Å². The molecule has 0 spiro atoms. The molecule has 0 aliphatic carbocycles. The molecule has 3 heteroatoms. The molecule has 88 valence electrons. The molecule has 0 N–H and O–H groups in total. The Labute approximate surface area is 117 Å². The van der Waals surface area contributed by atoms with E-state index in [-0.39, 0.29) is 17.0 Å². The zero-order valence-corrected chi connectivity index (χ0v) is 12.3. The maximum Gasteiger partial charge on any atom is 0.151 e. The average molecular weight is 308 g/mol. The zero-order chi connectivity index (χ0) is 11.2. The van der Waals surface area contributed by atoms with Crippen LogP contribution in [0.5, 0.6) is 0 Å². The van der Waals surface area contributed by atoms with Crippen molar-refractivity contribution in [1.29, 1.82) is 0 Å². The zero-order valence-electron chi connectivity index (χ0n) is 9.85. The molecule has 3 rings (SSSR count). The quantitative estimate of drug-likeness (QED) is 0.656. The molecule has 2 aromatic carbocycles. The van der Waals surface area contributed by atoms with E-state index >= 15 is 0 Å². The number of nitrogens with zero attached hydrogens (tertiary/aromatic N) is 1. The molecule has 17 heavy (non-hydrogen) atoms. The topological polar surface area (TPSA) is 0 Å². The summed E-state index contributed by atoms with van der Waals surface area (Å²) in [7, 11) is 4.49. The van der Waals surface area contributed by atoms with Crippen LogP contribution in [0.3, 0.4) is 0 Å².